The van der Waals surface area contributed by atoms with Crippen molar-refractivity contribution in [3.63, 3.8) is 0 Å². The number of halogens is 3. The number of hydrogen-bond donors (Lipinski definition) is 1. The number of benzene rings is 3. The molecule has 4 nitrogen and oxygen atoms in total. The number of rotatable bonds is 3. The quantitative estimate of drug-likeness (QED) is 0.546. The molecule has 1 aliphatic rings. The van der Waals surface area contributed by atoms with Crippen LogP contribution < -0.4 is 5.32 Å². The fraction of sp³-hybridized carbons (Fsp3) is 0.130. The van der Waals surface area contributed by atoms with Gasteiger partial charge in [-0.3, -0.25) is 0 Å². The molecule has 2 amide bonds. The molecule has 3 aromatic carbocycles. The Labute approximate surface area is 177 Å². The lowest BCUT2D eigenvalue weighted by Crippen LogP contribution is -2.38. The number of nitrogens with zero attached hydrogens (tertiary/aromatic N) is 2. The smallest absolute Gasteiger partial charge is 0.306 e. The maximum atomic E-state index is 13.8. The van der Waals surface area contributed by atoms with Gasteiger partial charge >= 0.3 is 6.03 Å². The third kappa shape index (κ3) is 4.49. The van der Waals surface area contributed by atoms with E-state index >= 15 is 0 Å². The first-order valence-corrected chi connectivity index (χ1v) is 9.81. The Kier molecular flexibility index (Phi) is 5.77. The topological polar surface area (TPSA) is 44.7 Å². The van der Waals surface area contributed by atoms with Gasteiger partial charge in [0, 0.05) is 23.2 Å². The molecule has 0 fully saturated rings. The van der Waals surface area contributed by atoms with Crippen LogP contribution >= 0.6 is 11.6 Å². The van der Waals surface area contributed by atoms with E-state index in [2.05, 4.69) is 10.4 Å². The van der Waals surface area contributed by atoms with Crippen molar-refractivity contribution in [2.75, 3.05) is 11.9 Å². The average Bonchev–Trinajstić information content (AvgIpc) is 2.75. The lowest BCUT2D eigenvalue weighted by atomic mass is 9.86. The van der Waals surface area contributed by atoms with Gasteiger partial charge in [0.25, 0.3) is 0 Å². The highest BCUT2D eigenvalue weighted by Gasteiger charge is 2.29. The van der Waals surface area contributed by atoms with Gasteiger partial charge in [-0.05, 0) is 66.1 Å². The maximum Gasteiger partial charge on any atom is 0.342 e. The molecule has 0 spiro atoms. The monoisotopic (exact) mass is 425 g/mol. The van der Waals surface area contributed by atoms with Crippen molar-refractivity contribution in [1.29, 1.82) is 0 Å². The van der Waals surface area contributed by atoms with Crippen molar-refractivity contribution in [2.45, 2.75) is 12.3 Å². The van der Waals surface area contributed by atoms with Crippen molar-refractivity contribution < 1.29 is 13.6 Å². The predicted octanol–water partition coefficient (Wildman–Crippen LogP) is 6.04. The minimum Gasteiger partial charge on any atom is -0.306 e. The van der Waals surface area contributed by atoms with E-state index in [1.54, 1.807) is 42.5 Å². The van der Waals surface area contributed by atoms with Gasteiger partial charge in [-0.2, -0.15) is 5.10 Å². The van der Waals surface area contributed by atoms with Crippen molar-refractivity contribution in [3.8, 4) is 0 Å². The SMILES string of the molecule is O=C(Nc1ccc(Cl)cc1)N1CCC(c2cccc(F)c2)C(c2ccc(F)cc2)=N1. The molecule has 3 aromatic rings. The fourth-order valence-corrected chi connectivity index (χ4v) is 3.56. The van der Waals surface area contributed by atoms with Crippen LogP contribution in [0, 0.1) is 11.6 Å². The zero-order valence-corrected chi connectivity index (χ0v) is 16.6. The summed E-state index contributed by atoms with van der Waals surface area (Å²) in [6.07, 6.45) is 0.549. The molecule has 0 aliphatic carbocycles. The number of hydrogen-bond acceptors (Lipinski definition) is 2. The van der Waals surface area contributed by atoms with Crippen molar-refractivity contribution in [3.05, 3.63) is 101 Å². The molecule has 1 N–H and O–H groups in total. The zero-order chi connectivity index (χ0) is 21.1. The van der Waals surface area contributed by atoms with Gasteiger partial charge in [0.1, 0.15) is 11.6 Å². The summed E-state index contributed by atoms with van der Waals surface area (Å²) in [5, 5.41) is 9.24. The second-order valence-corrected chi connectivity index (χ2v) is 7.39. The number of anilines is 1. The molecule has 4 rings (SSSR count). The molecule has 1 unspecified atom stereocenters. The Balaban J connectivity index is 1.65. The summed E-state index contributed by atoms with van der Waals surface area (Å²) in [5.74, 6) is -0.922. The molecular formula is C23H18ClF2N3O. The third-order valence-corrected chi connectivity index (χ3v) is 5.16. The molecule has 0 saturated carbocycles. The summed E-state index contributed by atoms with van der Waals surface area (Å²) >= 11 is 5.88. The van der Waals surface area contributed by atoms with Crippen LogP contribution in [-0.2, 0) is 0 Å². The van der Waals surface area contributed by atoms with E-state index in [1.165, 1.54) is 29.3 Å². The standard InChI is InChI=1S/C23H18ClF2N3O/c24-17-6-10-20(11-7-17)27-23(30)29-13-12-21(16-2-1-3-19(26)14-16)22(28-29)15-4-8-18(25)9-5-15/h1-11,14,21H,12-13H2,(H,27,30). The number of hydrazone groups is 1. The van der Waals surface area contributed by atoms with Gasteiger partial charge in [-0.1, -0.05) is 35.9 Å². The number of nitrogens with one attached hydrogen (secondary N) is 1. The van der Waals surface area contributed by atoms with Crippen LogP contribution in [-0.4, -0.2) is 23.3 Å². The molecule has 1 atom stereocenters. The molecule has 0 radical (unpaired) electrons. The van der Waals surface area contributed by atoms with Crippen molar-refractivity contribution >= 4 is 29.0 Å². The van der Waals surface area contributed by atoms with Crippen molar-refractivity contribution in [2.24, 2.45) is 5.10 Å². The normalized spacial score (nSPS) is 16.2. The second kappa shape index (κ2) is 8.63. The molecular weight excluding hydrogens is 408 g/mol. The molecule has 7 heteroatoms. The fourth-order valence-electron chi connectivity index (χ4n) is 3.43. The summed E-state index contributed by atoms with van der Waals surface area (Å²) in [7, 11) is 0. The largest absolute Gasteiger partial charge is 0.342 e. The summed E-state index contributed by atoms with van der Waals surface area (Å²) in [5.41, 5.74) is 2.61. The van der Waals surface area contributed by atoms with Crippen LogP contribution in [0.1, 0.15) is 23.5 Å². The second-order valence-electron chi connectivity index (χ2n) is 6.95. The first-order chi connectivity index (χ1) is 14.5. The number of carbonyl (C=O) groups is 1. The predicted molar refractivity (Wildman–Crippen MR) is 114 cm³/mol. The first kappa shape index (κ1) is 20.0. The van der Waals surface area contributed by atoms with E-state index in [0.29, 0.717) is 35.0 Å². The molecule has 1 aliphatic heterocycles. The molecule has 0 aromatic heterocycles. The highest BCUT2D eigenvalue weighted by Crippen LogP contribution is 2.30. The van der Waals surface area contributed by atoms with Gasteiger partial charge in [-0.25, -0.2) is 18.6 Å². The van der Waals surface area contributed by atoms with Crippen LogP contribution in [0.25, 0.3) is 0 Å². The van der Waals surface area contributed by atoms with Crippen LogP contribution in [0.15, 0.2) is 77.9 Å². The lowest BCUT2D eigenvalue weighted by Gasteiger charge is -2.30. The highest BCUT2D eigenvalue weighted by molar-refractivity contribution is 6.30. The Morgan fingerprint density at radius 2 is 1.73 bits per heavy atom. The van der Waals surface area contributed by atoms with E-state index in [0.717, 1.165) is 5.56 Å². The summed E-state index contributed by atoms with van der Waals surface area (Å²) < 4.78 is 27.2. The average molecular weight is 426 g/mol. The van der Waals surface area contributed by atoms with E-state index in [4.69, 9.17) is 11.6 Å². The van der Waals surface area contributed by atoms with Gasteiger partial charge in [-0.15, -0.1) is 0 Å². The van der Waals surface area contributed by atoms with Gasteiger partial charge < -0.3 is 5.32 Å². The third-order valence-electron chi connectivity index (χ3n) is 4.91. The van der Waals surface area contributed by atoms with E-state index in [-0.39, 0.29) is 17.6 Å². The number of carbonyl (C=O) groups excluding carboxylic acids is 1. The Morgan fingerprint density at radius 3 is 2.43 bits per heavy atom. The molecule has 152 valence electrons. The van der Waals surface area contributed by atoms with Crippen LogP contribution in [0.5, 0.6) is 0 Å². The number of amides is 2. The first-order valence-electron chi connectivity index (χ1n) is 9.43. The minimum atomic E-state index is -0.394. The van der Waals surface area contributed by atoms with E-state index < -0.39 is 6.03 Å². The summed E-state index contributed by atoms with van der Waals surface area (Å²) in [6, 6.07) is 18.6. The van der Waals surface area contributed by atoms with Crippen LogP contribution in [0.2, 0.25) is 5.02 Å². The Bertz CT molecular complexity index is 1080. The van der Waals surface area contributed by atoms with E-state index in [1.807, 2.05) is 6.07 Å². The summed E-state index contributed by atoms with van der Waals surface area (Å²) in [6.45, 7) is 0.352. The molecule has 0 saturated heterocycles. The van der Waals surface area contributed by atoms with Crippen molar-refractivity contribution in [1.82, 2.24) is 5.01 Å². The number of urea groups is 1. The van der Waals surface area contributed by atoms with E-state index in [9.17, 15) is 13.6 Å². The molecule has 30 heavy (non-hydrogen) atoms. The lowest BCUT2D eigenvalue weighted by molar-refractivity contribution is 0.210. The van der Waals surface area contributed by atoms with Gasteiger partial charge in [0.2, 0.25) is 0 Å². The Hall–Kier alpha value is -3.25. The van der Waals surface area contributed by atoms with Crippen LogP contribution in [0.4, 0.5) is 19.3 Å². The van der Waals surface area contributed by atoms with Crippen LogP contribution in [0.3, 0.4) is 0 Å². The zero-order valence-electron chi connectivity index (χ0n) is 15.9. The molecule has 1 heterocycles. The minimum absolute atomic E-state index is 0.217. The Morgan fingerprint density at radius 1 is 1.00 bits per heavy atom. The van der Waals surface area contributed by atoms with Gasteiger partial charge in [0.05, 0.1) is 5.71 Å². The maximum absolute atomic E-state index is 13.8. The molecule has 0 bridgehead atoms. The highest BCUT2D eigenvalue weighted by atomic mass is 35.5. The summed E-state index contributed by atoms with van der Waals surface area (Å²) in [4.78, 5) is 12.7. The van der Waals surface area contributed by atoms with Gasteiger partial charge in [0.15, 0.2) is 0 Å².